The minimum Gasteiger partial charge on any atom is -0.416 e. The summed E-state index contributed by atoms with van der Waals surface area (Å²) in [5.41, 5.74) is 1.69. The van der Waals surface area contributed by atoms with E-state index in [1.807, 2.05) is 35.2 Å². The van der Waals surface area contributed by atoms with Crippen LogP contribution in [0.3, 0.4) is 0 Å². The third-order valence-corrected chi connectivity index (χ3v) is 5.38. The van der Waals surface area contributed by atoms with E-state index < -0.39 is 0 Å². The van der Waals surface area contributed by atoms with Gasteiger partial charge in [-0.2, -0.15) is 0 Å². The van der Waals surface area contributed by atoms with Gasteiger partial charge in [0.15, 0.2) is 0 Å². The number of carbonyl (C=O) groups is 1. The molecule has 0 spiro atoms. The molecule has 0 aliphatic carbocycles. The summed E-state index contributed by atoms with van der Waals surface area (Å²) in [7, 11) is 0. The van der Waals surface area contributed by atoms with Crippen molar-refractivity contribution in [1.29, 1.82) is 0 Å². The van der Waals surface area contributed by atoms with Crippen LogP contribution in [0.5, 0.6) is 0 Å². The standard InChI is InChI=1S/C20H18FN3O2S/c21-17-9-5-4-8-15(17)13-27-20-23-22-19(26-20)16-10-18(25)24(12-16)11-14-6-2-1-3-7-14/h1-9,16H,10-13H2. The molecule has 0 radical (unpaired) electrons. The van der Waals surface area contributed by atoms with Gasteiger partial charge in [0.1, 0.15) is 5.82 Å². The van der Waals surface area contributed by atoms with Gasteiger partial charge in [-0.15, -0.1) is 10.2 Å². The molecule has 0 N–H and O–H groups in total. The molecule has 0 bridgehead atoms. The summed E-state index contributed by atoms with van der Waals surface area (Å²) in [6.07, 6.45) is 0.368. The Morgan fingerprint density at radius 1 is 1.11 bits per heavy atom. The number of rotatable bonds is 6. The number of hydrogen-bond acceptors (Lipinski definition) is 5. The van der Waals surface area contributed by atoms with Crippen molar-refractivity contribution in [2.24, 2.45) is 0 Å². The number of benzene rings is 2. The van der Waals surface area contributed by atoms with E-state index in [0.29, 0.717) is 41.9 Å². The SMILES string of the molecule is O=C1CC(c2nnc(SCc3ccccc3F)o2)CN1Cc1ccccc1. The first-order valence-corrected chi connectivity index (χ1v) is 9.69. The van der Waals surface area contributed by atoms with Crippen LogP contribution < -0.4 is 0 Å². The van der Waals surface area contributed by atoms with Crippen LogP contribution in [0.25, 0.3) is 0 Å². The van der Waals surface area contributed by atoms with Crippen molar-refractivity contribution in [3.05, 3.63) is 77.4 Å². The van der Waals surface area contributed by atoms with Gasteiger partial charge in [0.25, 0.3) is 5.22 Å². The van der Waals surface area contributed by atoms with Crippen molar-refractivity contribution < 1.29 is 13.6 Å². The Morgan fingerprint density at radius 2 is 1.89 bits per heavy atom. The molecule has 1 aliphatic rings. The summed E-state index contributed by atoms with van der Waals surface area (Å²) in [6, 6.07) is 16.5. The fourth-order valence-corrected chi connectivity index (χ4v) is 3.85. The van der Waals surface area contributed by atoms with Crippen molar-refractivity contribution in [2.45, 2.75) is 29.9 Å². The third-order valence-electron chi connectivity index (χ3n) is 4.51. The lowest BCUT2D eigenvalue weighted by Crippen LogP contribution is -2.24. The van der Waals surface area contributed by atoms with Gasteiger partial charge in [-0.1, -0.05) is 60.3 Å². The van der Waals surface area contributed by atoms with Crippen molar-refractivity contribution in [3.8, 4) is 0 Å². The van der Waals surface area contributed by atoms with Crippen LogP contribution in [0, 0.1) is 5.82 Å². The van der Waals surface area contributed by atoms with E-state index in [1.165, 1.54) is 17.8 Å². The molecule has 4 rings (SSSR count). The third kappa shape index (κ3) is 4.19. The van der Waals surface area contributed by atoms with E-state index in [9.17, 15) is 9.18 Å². The van der Waals surface area contributed by atoms with E-state index in [1.54, 1.807) is 18.2 Å². The monoisotopic (exact) mass is 383 g/mol. The summed E-state index contributed by atoms with van der Waals surface area (Å²) < 4.78 is 19.4. The minimum absolute atomic E-state index is 0.0858. The van der Waals surface area contributed by atoms with E-state index in [4.69, 9.17) is 4.42 Å². The van der Waals surface area contributed by atoms with Gasteiger partial charge in [-0.05, 0) is 17.2 Å². The Hall–Kier alpha value is -2.67. The van der Waals surface area contributed by atoms with Crippen LogP contribution in [-0.2, 0) is 17.1 Å². The average molecular weight is 383 g/mol. The largest absolute Gasteiger partial charge is 0.416 e. The van der Waals surface area contributed by atoms with Gasteiger partial charge >= 0.3 is 0 Å². The predicted molar refractivity (Wildman–Crippen MR) is 99.5 cm³/mol. The van der Waals surface area contributed by atoms with Crippen LogP contribution in [0.15, 0.2) is 64.2 Å². The first-order chi connectivity index (χ1) is 13.2. The molecule has 1 saturated heterocycles. The molecule has 2 aromatic carbocycles. The molecule has 5 nitrogen and oxygen atoms in total. The van der Waals surface area contributed by atoms with E-state index in [-0.39, 0.29) is 17.6 Å². The second kappa shape index (κ2) is 7.92. The molecular weight excluding hydrogens is 365 g/mol. The van der Waals surface area contributed by atoms with Crippen LogP contribution in [-0.4, -0.2) is 27.5 Å². The maximum absolute atomic E-state index is 13.7. The molecule has 138 valence electrons. The summed E-state index contributed by atoms with van der Waals surface area (Å²) in [5.74, 6) is 0.620. The van der Waals surface area contributed by atoms with Gasteiger partial charge in [0, 0.05) is 25.3 Å². The van der Waals surface area contributed by atoms with Crippen LogP contribution in [0.1, 0.15) is 29.4 Å². The maximum Gasteiger partial charge on any atom is 0.276 e. The van der Waals surface area contributed by atoms with Crippen LogP contribution >= 0.6 is 11.8 Å². The molecular formula is C20H18FN3O2S. The number of amides is 1. The lowest BCUT2D eigenvalue weighted by atomic mass is 10.1. The molecule has 1 aromatic heterocycles. The van der Waals surface area contributed by atoms with Gasteiger partial charge in [0.2, 0.25) is 11.8 Å². The molecule has 1 atom stereocenters. The highest BCUT2D eigenvalue weighted by Crippen LogP contribution is 2.31. The summed E-state index contributed by atoms with van der Waals surface area (Å²) in [6.45, 7) is 1.15. The highest BCUT2D eigenvalue weighted by Gasteiger charge is 2.34. The van der Waals surface area contributed by atoms with Gasteiger partial charge in [0.05, 0.1) is 5.92 Å². The zero-order valence-electron chi connectivity index (χ0n) is 14.5. The highest BCUT2D eigenvalue weighted by molar-refractivity contribution is 7.98. The van der Waals surface area contributed by atoms with Crippen molar-refractivity contribution in [3.63, 3.8) is 0 Å². The van der Waals surface area contributed by atoms with Crippen LogP contribution in [0.2, 0.25) is 0 Å². The minimum atomic E-state index is -0.248. The van der Waals surface area contributed by atoms with Gasteiger partial charge < -0.3 is 9.32 Å². The molecule has 7 heteroatoms. The molecule has 3 aromatic rings. The Kier molecular flexibility index (Phi) is 5.20. The van der Waals surface area contributed by atoms with Crippen molar-refractivity contribution in [1.82, 2.24) is 15.1 Å². The topological polar surface area (TPSA) is 59.2 Å². The Balaban J connectivity index is 1.37. The first-order valence-electron chi connectivity index (χ1n) is 8.70. The predicted octanol–water partition coefficient (Wildman–Crippen LogP) is 4.02. The quantitative estimate of drug-likeness (QED) is 0.602. The number of halogens is 1. The van der Waals surface area contributed by atoms with E-state index >= 15 is 0 Å². The molecule has 1 amide bonds. The van der Waals surface area contributed by atoms with Crippen molar-refractivity contribution >= 4 is 17.7 Å². The molecule has 1 unspecified atom stereocenters. The molecule has 2 heterocycles. The molecule has 0 saturated carbocycles. The van der Waals surface area contributed by atoms with Gasteiger partial charge in [-0.25, -0.2) is 4.39 Å². The first kappa shape index (κ1) is 17.7. The number of thioether (sulfide) groups is 1. The summed E-state index contributed by atoms with van der Waals surface area (Å²) >= 11 is 1.29. The second-order valence-corrected chi connectivity index (χ2v) is 7.37. The lowest BCUT2D eigenvalue weighted by molar-refractivity contribution is -0.128. The molecule has 27 heavy (non-hydrogen) atoms. The highest BCUT2D eigenvalue weighted by atomic mass is 32.2. The number of nitrogens with zero attached hydrogens (tertiary/aromatic N) is 3. The Morgan fingerprint density at radius 3 is 2.70 bits per heavy atom. The van der Waals surface area contributed by atoms with E-state index in [0.717, 1.165) is 5.56 Å². The van der Waals surface area contributed by atoms with Crippen LogP contribution in [0.4, 0.5) is 4.39 Å². The normalized spacial score (nSPS) is 16.9. The Bertz CT molecular complexity index is 932. The van der Waals surface area contributed by atoms with Gasteiger partial charge in [-0.3, -0.25) is 4.79 Å². The summed E-state index contributed by atoms with van der Waals surface area (Å²) in [5, 5.41) is 8.52. The maximum atomic E-state index is 13.7. The lowest BCUT2D eigenvalue weighted by Gasteiger charge is -2.15. The number of aromatic nitrogens is 2. The van der Waals surface area contributed by atoms with E-state index in [2.05, 4.69) is 10.2 Å². The number of likely N-dealkylation sites (tertiary alicyclic amines) is 1. The Labute approximate surface area is 160 Å². The number of carbonyl (C=O) groups excluding carboxylic acids is 1. The smallest absolute Gasteiger partial charge is 0.276 e. The van der Waals surface area contributed by atoms with Crippen molar-refractivity contribution in [2.75, 3.05) is 6.54 Å². The summed E-state index contributed by atoms with van der Waals surface area (Å²) in [4.78, 5) is 14.1. The fourth-order valence-electron chi connectivity index (χ4n) is 3.09. The second-order valence-electron chi connectivity index (χ2n) is 6.45. The average Bonchev–Trinajstić information content (AvgIpc) is 3.29. The fraction of sp³-hybridized carbons (Fsp3) is 0.250. The zero-order valence-corrected chi connectivity index (χ0v) is 15.4. The molecule has 1 fully saturated rings. The molecule has 1 aliphatic heterocycles. The number of hydrogen-bond donors (Lipinski definition) is 0. The zero-order chi connectivity index (χ0) is 18.6.